The molecule has 0 unspecified atom stereocenters. The first kappa shape index (κ1) is 13.1. The van der Waals surface area contributed by atoms with Gasteiger partial charge in [-0.1, -0.05) is 0 Å². The van der Waals surface area contributed by atoms with Crippen molar-refractivity contribution in [3.05, 3.63) is 27.5 Å². The summed E-state index contributed by atoms with van der Waals surface area (Å²) in [6, 6.07) is 0.345. The third-order valence-electron chi connectivity index (χ3n) is 1.64. The van der Waals surface area contributed by atoms with Gasteiger partial charge in [0.15, 0.2) is 6.29 Å². The maximum Gasteiger partial charge on any atom is 0.574 e. The normalized spacial score (nSPS) is 11.6. The van der Waals surface area contributed by atoms with Crippen molar-refractivity contribution >= 4 is 6.29 Å². The molecule has 1 heterocycles. The van der Waals surface area contributed by atoms with E-state index in [1.54, 1.807) is 0 Å². The second-order valence-electron chi connectivity index (χ2n) is 2.80. The summed E-state index contributed by atoms with van der Waals surface area (Å²) in [6.45, 7) is 0. The van der Waals surface area contributed by atoms with Crippen molar-refractivity contribution in [2.24, 2.45) is 0 Å². The molecule has 94 valence electrons. The van der Waals surface area contributed by atoms with Gasteiger partial charge in [-0.2, -0.15) is 0 Å². The minimum absolute atomic E-state index is 0.0535. The van der Waals surface area contributed by atoms with Gasteiger partial charge < -0.3 is 4.74 Å². The van der Waals surface area contributed by atoms with Crippen LogP contribution < -0.4 is 10.3 Å². The lowest BCUT2D eigenvalue weighted by Crippen LogP contribution is -2.23. The third-order valence-corrected chi connectivity index (χ3v) is 1.64. The molecule has 0 amide bonds. The number of aldehydes is 1. The molecule has 0 aliphatic heterocycles. The largest absolute Gasteiger partial charge is 0.574 e. The molecule has 1 aromatic rings. The lowest BCUT2D eigenvalue weighted by atomic mass is 10.2. The van der Waals surface area contributed by atoms with Crippen molar-refractivity contribution in [1.29, 1.82) is 0 Å². The van der Waals surface area contributed by atoms with E-state index in [9.17, 15) is 31.5 Å². The average Bonchev–Trinajstić information content (AvgIpc) is 2.14. The number of hydrogen-bond acceptors (Lipinski definition) is 3. The fourth-order valence-corrected chi connectivity index (χ4v) is 0.996. The minimum atomic E-state index is -5.23. The summed E-state index contributed by atoms with van der Waals surface area (Å²) in [7, 11) is 0. The maximum atomic E-state index is 12.4. The smallest absolute Gasteiger partial charge is 0.389 e. The average molecular weight is 257 g/mol. The highest BCUT2D eigenvalue weighted by molar-refractivity contribution is 5.74. The Morgan fingerprint density at radius 3 is 2.35 bits per heavy atom. The van der Waals surface area contributed by atoms with Crippen LogP contribution in [-0.2, 0) is 0 Å². The SMILES string of the molecule is O=Cc1cc(C(F)F)c(OC(F)(F)F)[nH]c1=O. The number of carbonyl (C=O) groups is 1. The first-order chi connectivity index (χ1) is 7.74. The first-order valence-electron chi connectivity index (χ1n) is 4.01. The first-order valence-corrected chi connectivity index (χ1v) is 4.01. The van der Waals surface area contributed by atoms with Crippen LogP contribution in [0.1, 0.15) is 22.3 Å². The molecule has 0 aliphatic carbocycles. The summed E-state index contributed by atoms with van der Waals surface area (Å²) in [6.07, 6.45) is -8.61. The van der Waals surface area contributed by atoms with Gasteiger partial charge in [-0.15, -0.1) is 13.2 Å². The van der Waals surface area contributed by atoms with E-state index < -0.39 is 35.4 Å². The number of rotatable bonds is 3. The minimum Gasteiger partial charge on any atom is -0.389 e. The van der Waals surface area contributed by atoms with Crippen LogP contribution in [0.4, 0.5) is 22.0 Å². The van der Waals surface area contributed by atoms with Gasteiger partial charge in [-0.25, -0.2) is 8.78 Å². The van der Waals surface area contributed by atoms with Crippen LogP contribution in [0.25, 0.3) is 0 Å². The molecule has 0 saturated carbocycles. The van der Waals surface area contributed by atoms with Crippen molar-refractivity contribution in [3.8, 4) is 5.88 Å². The van der Waals surface area contributed by atoms with Crippen LogP contribution in [0, 0.1) is 0 Å². The van der Waals surface area contributed by atoms with Gasteiger partial charge in [0.1, 0.15) is 0 Å². The van der Waals surface area contributed by atoms with E-state index in [0.717, 1.165) is 0 Å². The topological polar surface area (TPSA) is 59.2 Å². The van der Waals surface area contributed by atoms with Gasteiger partial charge in [-0.05, 0) is 6.07 Å². The van der Waals surface area contributed by atoms with Crippen molar-refractivity contribution in [1.82, 2.24) is 4.98 Å². The highest BCUT2D eigenvalue weighted by Crippen LogP contribution is 2.30. The van der Waals surface area contributed by atoms with E-state index in [2.05, 4.69) is 4.74 Å². The molecule has 0 aliphatic rings. The maximum absolute atomic E-state index is 12.4. The van der Waals surface area contributed by atoms with Gasteiger partial charge in [0.05, 0.1) is 11.1 Å². The number of aromatic nitrogens is 1. The second kappa shape index (κ2) is 4.52. The highest BCUT2D eigenvalue weighted by Gasteiger charge is 2.34. The number of H-pyrrole nitrogens is 1. The van der Waals surface area contributed by atoms with Gasteiger partial charge >= 0.3 is 6.36 Å². The van der Waals surface area contributed by atoms with Crippen LogP contribution in [0.3, 0.4) is 0 Å². The molecule has 1 rings (SSSR count). The molecule has 0 atom stereocenters. The van der Waals surface area contributed by atoms with Crippen molar-refractivity contribution < 1.29 is 31.5 Å². The van der Waals surface area contributed by atoms with Gasteiger partial charge in [0.2, 0.25) is 5.88 Å². The van der Waals surface area contributed by atoms with Gasteiger partial charge in [0.25, 0.3) is 12.0 Å². The highest BCUT2D eigenvalue weighted by atomic mass is 19.4. The molecular formula is C8H4F5NO3. The number of hydrogen-bond donors (Lipinski definition) is 1. The zero-order valence-electron chi connectivity index (χ0n) is 7.85. The Morgan fingerprint density at radius 1 is 1.35 bits per heavy atom. The van der Waals surface area contributed by atoms with E-state index in [-0.39, 0.29) is 6.29 Å². The number of aromatic amines is 1. The van der Waals surface area contributed by atoms with E-state index >= 15 is 0 Å². The molecule has 0 aromatic carbocycles. The Balaban J connectivity index is 3.33. The van der Waals surface area contributed by atoms with Gasteiger partial charge in [-0.3, -0.25) is 14.6 Å². The Labute approximate surface area is 90.0 Å². The second-order valence-corrected chi connectivity index (χ2v) is 2.80. The van der Waals surface area contributed by atoms with Crippen LogP contribution in [-0.4, -0.2) is 17.6 Å². The lowest BCUT2D eigenvalue weighted by molar-refractivity contribution is -0.276. The Morgan fingerprint density at radius 2 is 1.94 bits per heavy atom. The number of carbonyl (C=O) groups excluding carboxylic acids is 1. The fraction of sp³-hybridized carbons (Fsp3) is 0.250. The predicted octanol–water partition coefficient (Wildman–Crippen LogP) is 2.02. The number of halogens is 5. The Kier molecular flexibility index (Phi) is 3.49. The molecule has 1 aromatic heterocycles. The molecule has 0 radical (unpaired) electrons. The Hall–Kier alpha value is -1.93. The van der Waals surface area contributed by atoms with Crippen molar-refractivity contribution in [2.75, 3.05) is 0 Å². The quantitative estimate of drug-likeness (QED) is 0.665. The molecule has 0 saturated heterocycles. The molecule has 0 bridgehead atoms. The van der Waals surface area contributed by atoms with E-state index in [1.165, 1.54) is 4.98 Å². The molecule has 1 N–H and O–H groups in total. The summed E-state index contributed by atoms with van der Waals surface area (Å²) in [5.74, 6) is -1.43. The fourth-order valence-electron chi connectivity index (χ4n) is 0.996. The van der Waals surface area contributed by atoms with Crippen LogP contribution in [0.15, 0.2) is 10.9 Å². The van der Waals surface area contributed by atoms with E-state index in [4.69, 9.17) is 0 Å². The third kappa shape index (κ3) is 3.26. The molecule has 0 spiro atoms. The standard InChI is InChI=1S/C8H4F5NO3/c9-5(10)4-1-3(2-15)6(16)14-7(4)17-8(11,12)13/h1-2,5H,(H,14,16). The zero-order valence-corrected chi connectivity index (χ0v) is 7.85. The molecule has 9 heteroatoms. The summed E-state index contributed by atoms with van der Waals surface area (Å²) in [5, 5.41) is 0. The molecular weight excluding hydrogens is 253 g/mol. The number of pyridine rings is 1. The number of ether oxygens (including phenoxy) is 1. The predicted molar refractivity (Wildman–Crippen MR) is 44.1 cm³/mol. The van der Waals surface area contributed by atoms with Crippen molar-refractivity contribution in [3.63, 3.8) is 0 Å². The summed E-state index contributed by atoms with van der Waals surface area (Å²) >= 11 is 0. The van der Waals surface area contributed by atoms with E-state index in [1.807, 2.05) is 0 Å². The molecule has 0 fully saturated rings. The summed E-state index contributed by atoms with van der Waals surface area (Å²) < 4.78 is 63.5. The van der Waals surface area contributed by atoms with Gasteiger partial charge in [0, 0.05) is 0 Å². The zero-order chi connectivity index (χ0) is 13.2. The van der Waals surface area contributed by atoms with Crippen LogP contribution >= 0.6 is 0 Å². The van der Waals surface area contributed by atoms with Crippen LogP contribution in [0.2, 0.25) is 0 Å². The molecule has 17 heavy (non-hydrogen) atoms. The lowest BCUT2D eigenvalue weighted by Gasteiger charge is -2.12. The van der Waals surface area contributed by atoms with Crippen molar-refractivity contribution in [2.45, 2.75) is 12.8 Å². The van der Waals surface area contributed by atoms with Crippen LogP contribution in [0.5, 0.6) is 5.88 Å². The summed E-state index contributed by atoms with van der Waals surface area (Å²) in [5.41, 5.74) is -3.18. The number of nitrogens with one attached hydrogen (secondary N) is 1. The number of alkyl halides is 5. The van der Waals surface area contributed by atoms with E-state index in [0.29, 0.717) is 6.07 Å². The summed E-state index contributed by atoms with van der Waals surface area (Å²) in [4.78, 5) is 22.6. The monoisotopic (exact) mass is 257 g/mol. The molecule has 4 nitrogen and oxygen atoms in total. The Bertz CT molecular complexity index is 479.